The van der Waals surface area contributed by atoms with Crippen LogP contribution in [0, 0.1) is 5.92 Å². The predicted molar refractivity (Wildman–Crippen MR) is 144 cm³/mol. The highest BCUT2D eigenvalue weighted by Crippen LogP contribution is 2.33. The monoisotopic (exact) mass is 478 g/mol. The molecule has 1 atom stereocenters. The van der Waals surface area contributed by atoms with Gasteiger partial charge in [-0.25, -0.2) is 4.98 Å². The summed E-state index contributed by atoms with van der Waals surface area (Å²) in [6.07, 6.45) is 15.4. The van der Waals surface area contributed by atoms with Crippen molar-refractivity contribution < 1.29 is 5.11 Å². The molecule has 2 aliphatic carbocycles. The third-order valence-corrected chi connectivity index (χ3v) is 7.19. The Bertz CT molecular complexity index is 966. The van der Waals surface area contributed by atoms with Crippen molar-refractivity contribution in [2.75, 3.05) is 37.8 Å². The first-order chi connectivity index (χ1) is 17.0. The molecule has 2 aliphatic rings. The van der Waals surface area contributed by atoms with Crippen LogP contribution in [0.15, 0.2) is 30.6 Å². The van der Waals surface area contributed by atoms with Gasteiger partial charge in [-0.2, -0.15) is 4.98 Å². The van der Waals surface area contributed by atoms with E-state index in [0.717, 1.165) is 87.4 Å². The van der Waals surface area contributed by atoms with Crippen LogP contribution >= 0.6 is 0 Å². The van der Waals surface area contributed by atoms with Gasteiger partial charge in [-0.1, -0.05) is 25.5 Å². The SMILES string of the molecule is CCCCNc1ncc(-c2ccc(C3=CCC(CN(C)C)CC3)cn2)c(N[C@H]2CC[C@H](O)CC2)n1. The molecule has 190 valence electrons. The van der Waals surface area contributed by atoms with E-state index in [9.17, 15) is 5.11 Å². The van der Waals surface area contributed by atoms with Gasteiger partial charge in [-0.15, -0.1) is 0 Å². The van der Waals surface area contributed by atoms with Gasteiger partial charge < -0.3 is 20.6 Å². The van der Waals surface area contributed by atoms with Crippen molar-refractivity contribution >= 4 is 17.3 Å². The summed E-state index contributed by atoms with van der Waals surface area (Å²) >= 11 is 0. The van der Waals surface area contributed by atoms with Crippen LogP contribution in [0.5, 0.6) is 0 Å². The Morgan fingerprint density at radius 1 is 1.06 bits per heavy atom. The minimum absolute atomic E-state index is 0.175. The maximum Gasteiger partial charge on any atom is 0.224 e. The Hall–Kier alpha value is -2.51. The molecular formula is C28H42N6O. The van der Waals surface area contributed by atoms with Crippen LogP contribution in [-0.4, -0.2) is 64.3 Å². The van der Waals surface area contributed by atoms with E-state index in [1.165, 1.54) is 17.6 Å². The quantitative estimate of drug-likeness (QED) is 0.404. The highest BCUT2D eigenvalue weighted by Gasteiger charge is 2.22. The van der Waals surface area contributed by atoms with Gasteiger partial charge in [0.15, 0.2) is 0 Å². The van der Waals surface area contributed by atoms with Gasteiger partial charge in [-0.3, -0.25) is 4.98 Å². The largest absolute Gasteiger partial charge is 0.393 e. The van der Waals surface area contributed by atoms with Crippen LogP contribution in [0.2, 0.25) is 0 Å². The van der Waals surface area contributed by atoms with Crippen molar-refractivity contribution in [3.8, 4) is 11.3 Å². The number of unbranched alkanes of at least 4 members (excludes halogenated alkanes) is 1. The Kier molecular flexibility index (Phi) is 9.10. The van der Waals surface area contributed by atoms with Crippen molar-refractivity contribution in [1.29, 1.82) is 0 Å². The minimum Gasteiger partial charge on any atom is -0.393 e. The highest BCUT2D eigenvalue weighted by atomic mass is 16.3. The van der Waals surface area contributed by atoms with E-state index in [-0.39, 0.29) is 6.10 Å². The standard InChI is InChI=1S/C28H42N6O/c1-4-5-16-29-28-31-18-25(27(33-28)32-23-11-13-24(35)14-12-23)26-15-10-22(17-30-26)21-8-6-20(7-9-21)19-34(2)3/h8,10,15,17-18,20,23-24,35H,4-7,9,11-14,16,19H2,1-3H3,(H2,29,31,32,33)/t20?,23-,24-. The summed E-state index contributed by atoms with van der Waals surface area (Å²) in [4.78, 5) is 16.5. The lowest BCUT2D eigenvalue weighted by Crippen LogP contribution is -2.29. The zero-order valence-electron chi connectivity index (χ0n) is 21.6. The molecule has 35 heavy (non-hydrogen) atoms. The average Bonchev–Trinajstić information content (AvgIpc) is 2.86. The van der Waals surface area contributed by atoms with Crippen LogP contribution in [0.3, 0.4) is 0 Å². The van der Waals surface area contributed by atoms with Crippen molar-refractivity contribution in [1.82, 2.24) is 19.9 Å². The molecule has 3 N–H and O–H groups in total. The number of aliphatic hydroxyl groups is 1. The number of hydrogen-bond donors (Lipinski definition) is 3. The summed E-state index contributed by atoms with van der Waals surface area (Å²) in [5.74, 6) is 2.22. The van der Waals surface area contributed by atoms with Gasteiger partial charge in [-0.05, 0) is 88.6 Å². The van der Waals surface area contributed by atoms with Gasteiger partial charge in [0.1, 0.15) is 5.82 Å². The highest BCUT2D eigenvalue weighted by molar-refractivity contribution is 5.74. The molecule has 2 aromatic heterocycles. The van der Waals surface area contributed by atoms with Crippen LogP contribution < -0.4 is 10.6 Å². The molecule has 1 unspecified atom stereocenters. The number of allylic oxidation sites excluding steroid dienone is 2. The number of aromatic nitrogens is 3. The molecule has 0 bridgehead atoms. The van der Waals surface area contributed by atoms with Gasteiger partial charge >= 0.3 is 0 Å². The first kappa shape index (κ1) is 25.6. The number of rotatable bonds is 10. The number of nitrogens with one attached hydrogen (secondary N) is 2. The summed E-state index contributed by atoms with van der Waals surface area (Å²) in [7, 11) is 4.31. The maximum absolute atomic E-state index is 9.90. The van der Waals surface area contributed by atoms with E-state index >= 15 is 0 Å². The molecule has 0 aliphatic heterocycles. The van der Waals surface area contributed by atoms with Crippen molar-refractivity contribution in [3.63, 3.8) is 0 Å². The smallest absolute Gasteiger partial charge is 0.224 e. The molecule has 0 saturated heterocycles. The van der Waals surface area contributed by atoms with Crippen LogP contribution in [0.1, 0.15) is 70.3 Å². The van der Waals surface area contributed by atoms with Crippen LogP contribution in [0.25, 0.3) is 16.8 Å². The van der Waals surface area contributed by atoms with Gasteiger partial charge in [0, 0.05) is 31.5 Å². The second-order valence-corrected chi connectivity index (χ2v) is 10.5. The fraction of sp³-hybridized carbons (Fsp3) is 0.607. The summed E-state index contributed by atoms with van der Waals surface area (Å²) in [6, 6.07) is 4.59. The van der Waals surface area contributed by atoms with E-state index in [4.69, 9.17) is 9.97 Å². The number of nitrogens with zero attached hydrogens (tertiary/aromatic N) is 4. The first-order valence-corrected chi connectivity index (χ1v) is 13.4. The molecule has 0 radical (unpaired) electrons. The lowest BCUT2D eigenvalue weighted by atomic mass is 9.87. The second-order valence-electron chi connectivity index (χ2n) is 10.5. The van der Waals surface area contributed by atoms with Gasteiger partial charge in [0.05, 0.1) is 17.4 Å². The average molecular weight is 479 g/mol. The number of hydrogen-bond acceptors (Lipinski definition) is 7. The summed E-state index contributed by atoms with van der Waals surface area (Å²) in [5, 5.41) is 16.9. The number of pyridine rings is 1. The topological polar surface area (TPSA) is 86.2 Å². The normalized spacial score (nSPS) is 22.7. The molecule has 0 aromatic carbocycles. The van der Waals surface area contributed by atoms with Crippen molar-refractivity contribution in [2.45, 2.75) is 76.9 Å². The molecule has 2 aromatic rings. The van der Waals surface area contributed by atoms with E-state index in [2.05, 4.69) is 59.7 Å². The number of anilines is 2. The Balaban J connectivity index is 1.50. The van der Waals surface area contributed by atoms with E-state index in [0.29, 0.717) is 12.0 Å². The van der Waals surface area contributed by atoms with Crippen LogP contribution in [0.4, 0.5) is 11.8 Å². The zero-order chi connectivity index (χ0) is 24.6. The third-order valence-electron chi connectivity index (χ3n) is 7.19. The molecule has 7 nitrogen and oxygen atoms in total. The molecule has 4 rings (SSSR count). The molecule has 1 saturated carbocycles. The van der Waals surface area contributed by atoms with E-state index < -0.39 is 0 Å². The molecule has 2 heterocycles. The first-order valence-electron chi connectivity index (χ1n) is 13.4. The van der Waals surface area contributed by atoms with Gasteiger partial charge in [0.25, 0.3) is 0 Å². The van der Waals surface area contributed by atoms with Crippen molar-refractivity contribution in [3.05, 3.63) is 36.2 Å². The van der Waals surface area contributed by atoms with E-state index in [1.807, 2.05) is 12.4 Å². The molecule has 0 spiro atoms. The van der Waals surface area contributed by atoms with Crippen molar-refractivity contribution in [2.24, 2.45) is 5.92 Å². The Labute approximate surface area is 210 Å². The third kappa shape index (κ3) is 7.24. The second kappa shape index (κ2) is 12.5. The molecule has 1 fully saturated rings. The lowest BCUT2D eigenvalue weighted by molar-refractivity contribution is 0.126. The molecule has 0 amide bonds. The summed E-state index contributed by atoms with van der Waals surface area (Å²) < 4.78 is 0. The fourth-order valence-electron chi connectivity index (χ4n) is 5.13. The lowest BCUT2D eigenvalue weighted by Gasteiger charge is -2.27. The zero-order valence-corrected chi connectivity index (χ0v) is 21.6. The minimum atomic E-state index is -0.175. The molecular weight excluding hydrogens is 436 g/mol. The Morgan fingerprint density at radius 2 is 1.89 bits per heavy atom. The summed E-state index contributed by atoms with van der Waals surface area (Å²) in [6.45, 7) is 4.19. The van der Waals surface area contributed by atoms with Gasteiger partial charge in [0.2, 0.25) is 5.95 Å². The predicted octanol–water partition coefficient (Wildman–Crippen LogP) is 5.21. The Morgan fingerprint density at radius 3 is 2.54 bits per heavy atom. The molecule has 7 heteroatoms. The number of aliphatic hydroxyl groups excluding tert-OH is 1. The van der Waals surface area contributed by atoms with Crippen LogP contribution in [-0.2, 0) is 0 Å². The fourth-order valence-corrected chi connectivity index (χ4v) is 5.13. The van der Waals surface area contributed by atoms with E-state index in [1.54, 1.807) is 0 Å². The maximum atomic E-state index is 9.90. The summed E-state index contributed by atoms with van der Waals surface area (Å²) in [5.41, 5.74) is 4.43.